The normalized spacial score (nSPS) is 8.29. The maximum atomic E-state index is 4.03. The monoisotopic (exact) mass is 368 g/mol. The van der Waals surface area contributed by atoms with Crippen LogP contribution in [0.25, 0.3) is 0 Å². The summed E-state index contributed by atoms with van der Waals surface area (Å²) < 4.78 is 1.92. The van der Waals surface area contributed by atoms with E-state index in [1.54, 1.807) is 6.20 Å². The summed E-state index contributed by atoms with van der Waals surface area (Å²) in [5.41, 5.74) is 1.35. The molecule has 0 aromatic carbocycles. The molecule has 0 fully saturated rings. The third-order valence-corrected chi connectivity index (χ3v) is 2.43. The average Bonchev–Trinajstić information content (AvgIpc) is 2.84. The Hall–Kier alpha value is -0.536. The zero-order valence-electron chi connectivity index (χ0n) is 11.6. The molecule has 0 aliphatic carbocycles. The summed E-state index contributed by atoms with van der Waals surface area (Å²) in [6.45, 7) is 8.56. The molecule has 119 valence electrons. The molecule has 0 amide bonds. The van der Waals surface area contributed by atoms with Crippen molar-refractivity contribution >= 4 is 0 Å². The summed E-state index contributed by atoms with van der Waals surface area (Å²) in [6.07, 6.45) is 7.41. The molecule has 0 bridgehead atoms. The minimum absolute atomic E-state index is 0. The van der Waals surface area contributed by atoms with Gasteiger partial charge in [0.15, 0.2) is 0 Å². The van der Waals surface area contributed by atoms with Gasteiger partial charge in [0.25, 0.3) is 0 Å². The van der Waals surface area contributed by atoms with Gasteiger partial charge in [0, 0.05) is 63.5 Å². The van der Waals surface area contributed by atoms with Crippen molar-refractivity contribution in [1.82, 2.24) is 14.8 Å². The van der Waals surface area contributed by atoms with Gasteiger partial charge in [-0.15, -0.1) is 0 Å². The molecule has 3 nitrogen and oxygen atoms in total. The van der Waals surface area contributed by atoms with Crippen molar-refractivity contribution < 1.29 is 32.7 Å². The molecule has 0 saturated heterocycles. The summed E-state index contributed by atoms with van der Waals surface area (Å²) in [4.78, 5) is 3.93. The fourth-order valence-electron chi connectivity index (χ4n) is 1.33. The van der Waals surface area contributed by atoms with Gasteiger partial charge in [-0.1, -0.05) is 36.1 Å². The molecule has 0 aliphatic rings. The van der Waals surface area contributed by atoms with E-state index in [2.05, 4.69) is 37.8 Å². The number of hydrogen-bond acceptors (Lipinski definition) is 2. The molecule has 0 saturated carbocycles. The maximum absolute atomic E-state index is 4.03. The first-order valence-electron chi connectivity index (χ1n) is 6.00. The van der Waals surface area contributed by atoms with Crippen molar-refractivity contribution in [3.63, 3.8) is 0 Å². The smallest absolute Gasteiger partial charge is 0.0489 e. The minimum Gasteiger partial charge on any atom is -0.270 e. The molecule has 2 aromatic rings. The molecule has 0 atom stereocenters. The standard InChI is InChI=1S/C8H11N.C6H10N2.3CH4.Y/c1-7(2)8-3-5-9-6-4-8;1-6(2)8-5-3-4-7-8;;;;/h3-7H,1-2H3;3-6H,1-2H3;3*1H4;. The summed E-state index contributed by atoms with van der Waals surface area (Å²) in [5, 5.41) is 4.03. The van der Waals surface area contributed by atoms with Gasteiger partial charge in [-0.2, -0.15) is 5.10 Å². The number of hydrogen-bond donors (Lipinski definition) is 0. The maximum Gasteiger partial charge on any atom is 0.0489 e. The SMILES string of the molecule is C.C.C.CC(C)c1ccncc1.CC(C)n1cccn1.[Y]. The van der Waals surface area contributed by atoms with E-state index < -0.39 is 0 Å². The average molecular weight is 368 g/mol. The van der Waals surface area contributed by atoms with Gasteiger partial charge in [-0.3, -0.25) is 9.67 Å². The number of pyridine rings is 1. The van der Waals surface area contributed by atoms with Crippen LogP contribution in [-0.2, 0) is 32.7 Å². The zero-order valence-corrected chi connectivity index (χ0v) is 14.5. The van der Waals surface area contributed by atoms with E-state index in [0.717, 1.165) is 0 Å². The van der Waals surface area contributed by atoms with Gasteiger partial charge in [-0.25, -0.2) is 0 Å². The van der Waals surface area contributed by atoms with E-state index in [9.17, 15) is 0 Å². The van der Waals surface area contributed by atoms with Crippen molar-refractivity contribution in [3.05, 3.63) is 48.5 Å². The van der Waals surface area contributed by atoms with E-state index in [4.69, 9.17) is 0 Å². The van der Waals surface area contributed by atoms with E-state index in [1.165, 1.54) is 5.56 Å². The van der Waals surface area contributed by atoms with E-state index >= 15 is 0 Å². The topological polar surface area (TPSA) is 30.7 Å². The fourth-order valence-corrected chi connectivity index (χ4v) is 1.33. The molecular weight excluding hydrogens is 335 g/mol. The molecule has 0 aliphatic heterocycles. The molecule has 1 radical (unpaired) electrons. The largest absolute Gasteiger partial charge is 0.270 e. The second-order valence-electron chi connectivity index (χ2n) is 4.52. The van der Waals surface area contributed by atoms with E-state index in [0.29, 0.717) is 12.0 Å². The summed E-state index contributed by atoms with van der Waals surface area (Å²) in [6, 6.07) is 6.51. The van der Waals surface area contributed by atoms with Crippen molar-refractivity contribution in [1.29, 1.82) is 0 Å². The molecular formula is C17H33N3Y. The van der Waals surface area contributed by atoms with Gasteiger partial charge in [-0.05, 0) is 43.5 Å². The first kappa shape index (κ1) is 28.6. The Labute approximate surface area is 157 Å². The summed E-state index contributed by atoms with van der Waals surface area (Å²) in [7, 11) is 0. The Kier molecular flexibility index (Phi) is 21.6. The summed E-state index contributed by atoms with van der Waals surface area (Å²) in [5.74, 6) is 0.619. The summed E-state index contributed by atoms with van der Waals surface area (Å²) >= 11 is 0. The van der Waals surface area contributed by atoms with E-state index in [1.807, 2.05) is 41.5 Å². The number of nitrogens with zero attached hydrogens (tertiary/aromatic N) is 3. The van der Waals surface area contributed by atoms with Crippen LogP contribution in [-0.4, -0.2) is 14.8 Å². The van der Waals surface area contributed by atoms with Crippen LogP contribution in [0.3, 0.4) is 0 Å². The van der Waals surface area contributed by atoms with Crippen LogP contribution in [0.4, 0.5) is 0 Å². The predicted molar refractivity (Wildman–Crippen MR) is 91.1 cm³/mol. The molecule has 2 rings (SSSR count). The van der Waals surface area contributed by atoms with Crippen molar-refractivity contribution in [2.24, 2.45) is 0 Å². The van der Waals surface area contributed by atoms with Gasteiger partial charge >= 0.3 is 0 Å². The quantitative estimate of drug-likeness (QED) is 0.693. The van der Waals surface area contributed by atoms with Crippen LogP contribution in [0.2, 0.25) is 0 Å². The Bertz CT molecular complexity index is 397. The minimum atomic E-state index is 0. The zero-order chi connectivity index (χ0) is 12.7. The molecule has 0 unspecified atom stereocenters. The van der Waals surface area contributed by atoms with E-state index in [-0.39, 0.29) is 55.0 Å². The predicted octanol–water partition coefficient (Wildman–Crippen LogP) is 5.57. The van der Waals surface area contributed by atoms with Crippen molar-refractivity contribution in [2.45, 2.75) is 61.9 Å². The molecule has 2 aromatic heterocycles. The Morgan fingerprint density at radius 2 is 1.43 bits per heavy atom. The number of rotatable bonds is 2. The Balaban J connectivity index is -0.000000116. The molecule has 21 heavy (non-hydrogen) atoms. The van der Waals surface area contributed by atoms with Gasteiger partial charge in [0.1, 0.15) is 0 Å². The van der Waals surface area contributed by atoms with Crippen LogP contribution in [0.1, 0.15) is 67.5 Å². The van der Waals surface area contributed by atoms with Crippen LogP contribution >= 0.6 is 0 Å². The first-order valence-corrected chi connectivity index (χ1v) is 6.00. The van der Waals surface area contributed by atoms with Crippen LogP contribution in [0, 0.1) is 0 Å². The van der Waals surface area contributed by atoms with Crippen LogP contribution in [0.5, 0.6) is 0 Å². The molecule has 0 spiro atoms. The van der Waals surface area contributed by atoms with Gasteiger partial charge < -0.3 is 0 Å². The first-order chi connectivity index (χ1) is 8.11. The fraction of sp³-hybridized carbons (Fsp3) is 0.529. The number of aromatic nitrogens is 3. The van der Waals surface area contributed by atoms with Gasteiger partial charge in [0.05, 0.1) is 0 Å². The van der Waals surface area contributed by atoms with Crippen LogP contribution in [0.15, 0.2) is 43.0 Å². The van der Waals surface area contributed by atoms with Crippen molar-refractivity contribution in [2.75, 3.05) is 0 Å². The Morgan fingerprint density at radius 3 is 1.67 bits per heavy atom. The molecule has 4 heteroatoms. The van der Waals surface area contributed by atoms with Crippen molar-refractivity contribution in [3.8, 4) is 0 Å². The second kappa shape index (κ2) is 15.8. The second-order valence-corrected chi connectivity index (χ2v) is 4.52. The van der Waals surface area contributed by atoms with Crippen LogP contribution < -0.4 is 0 Å². The third kappa shape index (κ3) is 11.8. The third-order valence-electron chi connectivity index (χ3n) is 2.43. The molecule has 2 heterocycles. The molecule has 0 N–H and O–H groups in total. The Morgan fingerprint density at radius 1 is 0.905 bits per heavy atom. The van der Waals surface area contributed by atoms with Gasteiger partial charge in [0.2, 0.25) is 0 Å².